The van der Waals surface area contributed by atoms with E-state index in [0.717, 1.165) is 42.6 Å². The van der Waals surface area contributed by atoms with Gasteiger partial charge in [-0.25, -0.2) is 0 Å². The SMILES string of the molecule is COc1cccc2c(N3CCC[C@H](CO)C3)c(C)cnc12. The lowest BCUT2D eigenvalue weighted by atomic mass is 9.97. The summed E-state index contributed by atoms with van der Waals surface area (Å²) >= 11 is 0. The van der Waals surface area contributed by atoms with Gasteiger partial charge in [-0.05, 0) is 37.3 Å². The van der Waals surface area contributed by atoms with E-state index in [9.17, 15) is 5.11 Å². The molecule has 4 heteroatoms. The van der Waals surface area contributed by atoms with Crippen LogP contribution < -0.4 is 9.64 Å². The Morgan fingerprint density at radius 2 is 2.29 bits per heavy atom. The van der Waals surface area contributed by atoms with E-state index in [4.69, 9.17) is 4.74 Å². The van der Waals surface area contributed by atoms with Gasteiger partial charge in [0.2, 0.25) is 0 Å². The summed E-state index contributed by atoms with van der Waals surface area (Å²) in [6.45, 7) is 4.31. The van der Waals surface area contributed by atoms with Gasteiger partial charge < -0.3 is 14.7 Å². The second-order valence-corrected chi connectivity index (χ2v) is 5.78. The Labute approximate surface area is 125 Å². The van der Waals surface area contributed by atoms with Crippen molar-refractivity contribution >= 4 is 16.6 Å². The third-order valence-corrected chi connectivity index (χ3v) is 4.33. The van der Waals surface area contributed by atoms with Crippen molar-refractivity contribution in [3.63, 3.8) is 0 Å². The van der Waals surface area contributed by atoms with E-state index in [1.54, 1.807) is 7.11 Å². The van der Waals surface area contributed by atoms with E-state index in [2.05, 4.69) is 22.9 Å². The number of ether oxygens (including phenoxy) is 1. The number of pyridine rings is 1. The average molecular weight is 286 g/mol. The normalized spacial score (nSPS) is 19.0. The highest BCUT2D eigenvalue weighted by Gasteiger charge is 2.22. The lowest BCUT2D eigenvalue weighted by Gasteiger charge is -2.35. The molecule has 1 aromatic carbocycles. The van der Waals surface area contributed by atoms with Crippen LogP contribution in [0.3, 0.4) is 0 Å². The molecule has 2 aromatic rings. The molecular formula is C17H22N2O2. The molecule has 0 spiro atoms. The molecule has 0 unspecified atom stereocenters. The summed E-state index contributed by atoms with van der Waals surface area (Å²) in [6.07, 6.45) is 4.15. The zero-order valence-electron chi connectivity index (χ0n) is 12.7. The van der Waals surface area contributed by atoms with Crippen LogP contribution in [0.4, 0.5) is 5.69 Å². The van der Waals surface area contributed by atoms with Crippen molar-refractivity contribution in [3.05, 3.63) is 30.0 Å². The summed E-state index contributed by atoms with van der Waals surface area (Å²) in [4.78, 5) is 6.94. The first-order valence-electron chi connectivity index (χ1n) is 7.52. The number of anilines is 1. The van der Waals surface area contributed by atoms with Gasteiger partial charge in [0.05, 0.1) is 12.8 Å². The van der Waals surface area contributed by atoms with Crippen molar-refractivity contribution in [2.45, 2.75) is 19.8 Å². The third kappa shape index (κ3) is 2.56. The molecule has 1 fully saturated rings. The molecule has 2 heterocycles. The Hall–Kier alpha value is -1.81. The predicted octanol–water partition coefficient (Wildman–Crippen LogP) is 2.76. The third-order valence-electron chi connectivity index (χ3n) is 4.33. The van der Waals surface area contributed by atoms with E-state index in [0.29, 0.717) is 5.92 Å². The number of aromatic nitrogens is 1. The maximum absolute atomic E-state index is 9.46. The fourth-order valence-corrected chi connectivity index (χ4v) is 3.28. The molecule has 1 aliphatic rings. The molecule has 0 amide bonds. The standard InChI is InChI=1S/C17H22N2O2/c1-12-9-18-16-14(6-3-7-15(16)21-2)17(12)19-8-4-5-13(10-19)11-20/h3,6-7,9,13,20H,4-5,8,10-11H2,1-2H3/t13-/m0/s1. The topological polar surface area (TPSA) is 45.6 Å². The summed E-state index contributed by atoms with van der Waals surface area (Å²) in [5.41, 5.74) is 3.32. The molecule has 1 aliphatic heterocycles. The second kappa shape index (κ2) is 5.90. The van der Waals surface area contributed by atoms with Crippen molar-refractivity contribution in [2.24, 2.45) is 5.92 Å². The smallest absolute Gasteiger partial charge is 0.145 e. The fourth-order valence-electron chi connectivity index (χ4n) is 3.28. The number of aliphatic hydroxyl groups is 1. The first-order valence-corrected chi connectivity index (χ1v) is 7.52. The minimum absolute atomic E-state index is 0.266. The van der Waals surface area contributed by atoms with Gasteiger partial charge in [0.15, 0.2) is 0 Å². The van der Waals surface area contributed by atoms with Gasteiger partial charge in [0, 0.05) is 31.3 Å². The number of nitrogens with zero attached hydrogens (tertiary/aromatic N) is 2. The number of para-hydroxylation sites is 1. The van der Waals surface area contributed by atoms with Crippen molar-refractivity contribution in [1.82, 2.24) is 4.98 Å². The summed E-state index contributed by atoms with van der Waals surface area (Å²) in [5.74, 6) is 1.18. The van der Waals surface area contributed by atoms with E-state index >= 15 is 0 Å². The molecule has 4 nitrogen and oxygen atoms in total. The molecule has 1 aromatic heterocycles. The highest BCUT2D eigenvalue weighted by Crippen LogP contribution is 2.35. The van der Waals surface area contributed by atoms with Crippen LogP contribution in [0.1, 0.15) is 18.4 Å². The molecule has 112 valence electrons. The maximum atomic E-state index is 9.46. The van der Waals surface area contributed by atoms with Gasteiger partial charge >= 0.3 is 0 Å². The Bertz CT molecular complexity index is 642. The Balaban J connectivity index is 2.10. The Morgan fingerprint density at radius 3 is 3.05 bits per heavy atom. The summed E-state index contributed by atoms with van der Waals surface area (Å²) in [6, 6.07) is 6.07. The first kappa shape index (κ1) is 14.1. The number of aliphatic hydroxyl groups excluding tert-OH is 1. The predicted molar refractivity (Wildman–Crippen MR) is 85.1 cm³/mol. The van der Waals surface area contributed by atoms with Crippen LogP contribution in [-0.2, 0) is 0 Å². The van der Waals surface area contributed by atoms with Gasteiger partial charge in [-0.15, -0.1) is 0 Å². The number of piperidine rings is 1. The van der Waals surface area contributed by atoms with Crippen LogP contribution in [0.5, 0.6) is 5.75 Å². The van der Waals surface area contributed by atoms with Crippen LogP contribution in [0.2, 0.25) is 0 Å². The Morgan fingerprint density at radius 1 is 1.43 bits per heavy atom. The van der Waals surface area contributed by atoms with Crippen LogP contribution in [-0.4, -0.2) is 36.9 Å². The van der Waals surface area contributed by atoms with Gasteiger partial charge in [0.1, 0.15) is 11.3 Å². The summed E-state index contributed by atoms with van der Waals surface area (Å²) in [7, 11) is 1.68. The van der Waals surface area contributed by atoms with Crippen LogP contribution in [0, 0.1) is 12.8 Å². The number of hydrogen-bond donors (Lipinski definition) is 1. The van der Waals surface area contributed by atoms with Gasteiger partial charge in [-0.1, -0.05) is 12.1 Å². The molecule has 0 bridgehead atoms. The Kier molecular flexibility index (Phi) is 3.97. The van der Waals surface area contributed by atoms with Crippen LogP contribution in [0.25, 0.3) is 10.9 Å². The van der Waals surface area contributed by atoms with Gasteiger partial charge in [-0.3, -0.25) is 4.98 Å². The second-order valence-electron chi connectivity index (χ2n) is 5.78. The highest BCUT2D eigenvalue weighted by atomic mass is 16.5. The molecular weight excluding hydrogens is 264 g/mol. The minimum Gasteiger partial charge on any atom is -0.494 e. The number of aryl methyl sites for hydroxylation is 1. The lowest BCUT2D eigenvalue weighted by Crippen LogP contribution is -2.37. The minimum atomic E-state index is 0.266. The molecule has 1 atom stereocenters. The molecule has 1 N–H and O–H groups in total. The average Bonchev–Trinajstić information content (AvgIpc) is 2.54. The zero-order valence-corrected chi connectivity index (χ0v) is 12.7. The van der Waals surface area contributed by atoms with E-state index in [-0.39, 0.29) is 6.61 Å². The first-order chi connectivity index (χ1) is 10.2. The highest BCUT2D eigenvalue weighted by molar-refractivity contribution is 5.96. The number of fused-ring (bicyclic) bond motifs is 1. The van der Waals surface area contributed by atoms with Crippen molar-refractivity contribution in [1.29, 1.82) is 0 Å². The van der Waals surface area contributed by atoms with Crippen molar-refractivity contribution in [3.8, 4) is 5.75 Å². The van der Waals surface area contributed by atoms with Crippen molar-refractivity contribution < 1.29 is 9.84 Å². The van der Waals surface area contributed by atoms with E-state index in [1.807, 2.05) is 18.3 Å². The van der Waals surface area contributed by atoms with E-state index in [1.165, 1.54) is 11.3 Å². The number of methoxy groups -OCH3 is 1. The summed E-state index contributed by atoms with van der Waals surface area (Å²) in [5, 5.41) is 10.6. The quantitative estimate of drug-likeness (QED) is 0.942. The number of rotatable bonds is 3. The number of hydrogen-bond acceptors (Lipinski definition) is 4. The zero-order chi connectivity index (χ0) is 14.8. The molecule has 21 heavy (non-hydrogen) atoms. The molecule has 3 rings (SSSR count). The largest absolute Gasteiger partial charge is 0.494 e. The summed E-state index contributed by atoms with van der Waals surface area (Å²) < 4.78 is 5.43. The fraction of sp³-hybridized carbons (Fsp3) is 0.471. The van der Waals surface area contributed by atoms with Crippen molar-refractivity contribution in [2.75, 3.05) is 31.7 Å². The van der Waals surface area contributed by atoms with Gasteiger partial charge in [-0.2, -0.15) is 0 Å². The molecule has 1 saturated heterocycles. The van der Waals surface area contributed by atoms with Crippen LogP contribution >= 0.6 is 0 Å². The van der Waals surface area contributed by atoms with Gasteiger partial charge in [0.25, 0.3) is 0 Å². The lowest BCUT2D eigenvalue weighted by molar-refractivity contribution is 0.209. The molecule has 0 saturated carbocycles. The molecule has 0 radical (unpaired) electrons. The maximum Gasteiger partial charge on any atom is 0.145 e. The van der Waals surface area contributed by atoms with Crippen LogP contribution in [0.15, 0.2) is 24.4 Å². The molecule has 0 aliphatic carbocycles. The monoisotopic (exact) mass is 286 g/mol. The van der Waals surface area contributed by atoms with E-state index < -0.39 is 0 Å². The number of benzene rings is 1.